The molecule has 1 saturated carbocycles. The van der Waals surface area contributed by atoms with Crippen LogP contribution in [0, 0.1) is 17.2 Å². The van der Waals surface area contributed by atoms with Gasteiger partial charge in [0.2, 0.25) is 0 Å². The fraction of sp³-hybridized carbons (Fsp3) is 0.611. The summed E-state index contributed by atoms with van der Waals surface area (Å²) in [5, 5.41) is 9.56. The molecule has 1 atom stereocenters. The smallest absolute Gasteiger partial charge is 0.142 e. The normalized spacial score (nSPS) is 25.3. The van der Waals surface area contributed by atoms with Gasteiger partial charge in [-0.15, -0.1) is 0 Å². The molecule has 1 unspecified atom stereocenters. The van der Waals surface area contributed by atoms with E-state index in [2.05, 4.69) is 24.9 Å². The number of rotatable bonds is 5. The minimum Gasteiger partial charge on any atom is -0.309 e. The molecule has 0 heterocycles. The molecule has 0 spiro atoms. The lowest BCUT2D eigenvalue weighted by Crippen LogP contribution is -2.49. The zero-order chi connectivity index (χ0) is 15.3. The van der Waals surface area contributed by atoms with Gasteiger partial charge in [-0.05, 0) is 44.2 Å². The van der Waals surface area contributed by atoms with Crippen LogP contribution < -0.4 is 5.73 Å². The van der Waals surface area contributed by atoms with Crippen molar-refractivity contribution >= 4 is 0 Å². The van der Waals surface area contributed by atoms with Gasteiger partial charge < -0.3 is 10.6 Å². The second-order valence-corrected chi connectivity index (χ2v) is 6.45. The highest BCUT2D eigenvalue weighted by atomic mass is 15.2. The van der Waals surface area contributed by atoms with Crippen molar-refractivity contribution in [1.82, 2.24) is 4.90 Å². The number of nitriles is 1. The fourth-order valence-electron chi connectivity index (χ4n) is 3.44. The predicted octanol–water partition coefficient (Wildman–Crippen LogP) is 3.26. The van der Waals surface area contributed by atoms with Gasteiger partial charge in [0, 0.05) is 12.6 Å². The third kappa shape index (κ3) is 3.84. The highest BCUT2D eigenvalue weighted by Crippen LogP contribution is 2.30. The first kappa shape index (κ1) is 16.0. The van der Waals surface area contributed by atoms with Crippen molar-refractivity contribution in [3.63, 3.8) is 0 Å². The zero-order valence-corrected chi connectivity index (χ0v) is 13.3. The van der Waals surface area contributed by atoms with Crippen LogP contribution in [-0.2, 0) is 5.54 Å². The van der Waals surface area contributed by atoms with Crippen molar-refractivity contribution in [3.05, 3.63) is 35.9 Å². The minimum absolute atomic E-state index is 0.563. The molecule has 2 N–H and O–H groups in total. The molecular weight excluding hydrogens is 258 g/mol. The lowest BCUT2D eigenvalue weighted by atomic mass is 9.83. The van der Waals surface area contributed by atoms with Gasteiger partial charge in [-0.3, -0.25) is 0 Å². The number of benzene rings is 1. The molecule has 2 rings (SSSR count). The van der Waals surface area contributed by atoms with Crippen LogP contribution in [0.15, 0.2) is 30.3 Å². The van der Waals surface area contributed by atoms with Crippen LogP contribution in [0.5, 0.6) is 0 Å². The molecule has 3 nitrogen and oxygen atoms in total. The Morgan fingerprint density at radius 3 is 2.38 bits per heavy atom. The van der Waals surface area contributed by atoms with Crippen molar-refractivity contribution < 1.29 is 0 Å². The number of nitrogens with two attached hydrogens (primary N) is 1. The molecule has 1 aromatic rings. The van der Waals surface area contributed by atoms with Crippen LogP contribution in [0.4, 0.5) is 0 Å². The van der Waals surface area contributed by atoms with E-state index in [0.29, 0.717) is 12.6 Å². The van der Waals surface area contributed by atoms with E-state index in [1.807, 2.05) is 30.3 Å². The van der Waals surface area contributed by atoms with Crippen molar-refractivity contribution in [1.29, 1.82) is 5.26 Å². The number of hydrogen-bond donors (Lipinski definition) is 1. The highest BCUT2D eigenvalue weighted by molar-refractivity contribution is 5.31. The van der Waals surface area contributed by atoms with Gasteiger partial charge in [0.15, 0.2) is 0 Å². The molecule has 0 amide bonds. The average molecular weight is 285 g/mol. The molecule has 0 saturated heterocycles. The average Bonchev–Trinajstić information content (AvgIpc) is 2.55. The Morgan fingerprint density at radius 2 is 1.86 bits per heavy atom. The quantitative estimate of drug-likeness (QED) is 0.903. The van der Waals surface area contributed by atoms with Crippen LogP contribution >= 0.6 is 0 Å². The van der Waals surface area contributed by atoms with E-state index in [1.165, 1.54) is 32.1 Å². The number of nitrogens with zero attached hydrogens (tertiary/aromatic N) is 2. The summed E-state index contributed by atoms with van der Waals surface area (Å²) >= 11 is 0. The first-order chi connectivity index (χ1) is 10.1. The Hall–Kier alpha value is -1.37. The summed E-state index contributed by atoms with van der Waals surface area (Å²) in [7, 11) is 2.11. The molecule has 1 aromatic carbocycles. The lowest BCUT2D eigenvalue weighted by molar-refractivity contribution is 0.145. The number of hydrogen-bond acceptors (Lipinski definition) is 3. The monoisotopic (exact) mass is 285 g/mol. The standard InChI is InChI=1S/C18H27N3/c1-3-15-9-11-17(12-10-15)21(2)14-18(20,13-19)16-7-5-4-6-8-16/h4-8,15,17H,3,9-12,14,20H2,1-2H3. The maximum Gasteiger partial charge on any atom is 0.142 e. The molecule has 3 heteroatoms. The maximum absolute atomic E-state index is 9.56. The first-order valence-electron chi connectivity index (χ1n) is 8.05. The van der Waals surface area contributed by atoms with Gasteiger partial charge in [0.1, 0.15) is 5.54 Å². The lowest BCUT2D eigenvalue weighted by Gasteiger charge is -2.37. The van der Waals surface area contributed by atoms with Gasteiger partial charge in [-0.2, -0.15) is 5.26 Å². The van der Waals surface area contributed by atoms with Crippen molar-refractivity contribution in [2.75, 3.05) is 13.6 Å². The maximum atomic E-state index is 9.56. The summed E-state index contributed by atoms with van der Waals surface area (Å²) in [6.45, 7) is 2.87. The van der Waals surface area contributed by atoms with E-state index < -0.39 is 5.54 Å². The van der Waals surface area contributed by atoms with Crippen LogP contribution in [0.2, 0.25) is 0 Å². The molecular formula is C18H27N3. The topological polar surface area (TPSA) is 53.0 Å². The van der Waals surface area contributed by atoms with E-state index >= 15 is 0 Å². The third-order valence-corrected chi connectivity index (χ3v) is 5.00. The van der Waals surface area contributed by atoms with Crippen LogP contribution in [0.1, 0.15) is 44.6 Å². The van der Waals surface area contributed by atoms with E-state index in [0.717, 1.165) is 11.5 Å². The molecule has 0 bridgehead atoms. The summed E-state index contributed by atoms with van der Waals surface area (Å²) in [5.74, 6) is 0.891. The molecule has 21 heavy (non-hydrogen) atoms. The van der Waals surface area contributed by atoms with Gasteiger partial charge in [0.05, 0.1) is 6.07 Å². The Kier molecular flexibility index (Phi) is 5.39. The van der Waals surface area contributed by atoms with E-state index in [-0.39, 0.29) is 0 Å². The van der Waals surface area contributed by atoms with Crippen LogP contribution in [-0.4, -0.2) is 24.5 Å². The Morgan fingerprint density at radius 1 is 1.24 bits per heavy atom. The van der Waals surface area contributed by atoms with Gasteiger partial charge in [0.25, 0.3) is 0 Å². The second kappa shape index (κ2) is 7.06. The summed E-state index contributed by atoms with van der Waals surface area (Å²) in [6.07, 6.45) is 6.36. The Balaban J connectivity index is 2.01. The van der Waals surface area contributed by atoms with Crippen LogP contribution in [0.3, 0.4) is 0 Å². The predicted molar refractivity (Wildman–Crippen MR) is 86.6 cm³/mol. The van der Waals surface area contributed by atoms with Gasteiger partial charge >= 0.3 is 0 Å². The van der Waals surface area contributed by atoms with E-state index in [1.54, 1.807) is 0 Å². The van der Waals surface area contributed by atoms with E-state index in [9.17, 15) is 5.26 Å². The Labute approximate surface area is 128 Å². The molecule has 0 radical (unpaired) electrons. The second-order valence-electron chi connectivity index (χ2n) is 6.45. The fourth-order valence-corrected chi connectivity index (χ4v) is 3.44. The molecule has 1 aliphatic rings. The molecule has 1 fully saturated rings. The van der Waals surface area contributed by atoms with Gasteiger partial charge in [-0.25, -0.2) is 0 Å². The Bertz CT molecular complexity index is 471. The highest BCUT2D eigenvalue weighted by Gasteiger charge is 2.32. The number of likely N-dealkylation sites (N-methyl/N-ethyl adjacent to an activating group) is 1. The zero-order valence-electron chi connectivity index (χ0n) is 13.3. The minimum atomic E-state index is -0.919. The summed E-state index contributed by atoms with van der Waals surface area (Å²) in [4.78, 5) is 2.29. The molecule has 0 aromatic heterocycles. The van der Waals surface area contributed by atoms with E-state index in [4.69, 9.17) is 5.73 Å². The van der Waals surface area contributed by atoms with Crippen molar-refractivity contribution in [2.24, 2.45) is 11.7 Å². The summed E-state index contributed by atoms with van der Waals surface area (Å²) in [6, 6.07) is 12.6. The first-order valence-corrected chi connectivity index (χ1v) is 8.05. The summed E-state index contributed by atoms with van der Waals surface area (Å²) < 4.78 is 0. The molecule has 114 valence electrons. The van der Waals surface area contributed by atoms with Crippen molar-refractivity contribution in [2.45, 2.75) is 50.6 Å². The molecule has 1 aliphatic carbocycles. The largest absolute Gasteiger partial charge is 0.309 e. The molecule has 0 aliphatic heterocycles. The van der Waals surface area contributed by atoms with Crippen LogP contribution in [0.25, 0.3) is 0 Å². The summed E-state index contributed by atoms with van der Waals surface area (Å²) in [5.41, 5.74) is 6.36. The SMILES string of the molecule is CCC1CCC(N(C)CC(N)(C#N)c2ccccc2)CC1. The van der Waals surface area contributed by atoms with Gasteiger partial charge in [-0.1, -0.05) is 43.7 Å². The van der Waals surface area contributed by atoms with Crippen molar-refractivity contribution in [3.8, 4) is 6.07 Å². The third-order valence-electron chi connectivity index (χ3n) is 5.00.